The van der Waals surface area contributed by atoms with Crippen LogP contribution in [0.15, 0.2) is 42.5 Å². The van der Waals surface area contributed by atoms with Gasteiger partial charge in [0.15, 0.2) is 6.61 Å². The maximum atomic E-state index is 12.5. The average Bonchev–Trinajstić information content (AvgIpc) is 3.20. The first-order chi connectivity index (χ1) is 15.8. The molecule has 8 nitrogen and oxygen atoms in total. The third kappa shape index (κ3) is 5.97. The summed E-state index contributed by atoms with van der Waals surface area (Å²) in [4.78, 5) is 50.5. The molecule has 1 aliphatic rings. The monoisotopic (exact) mass is 452 g/mol. The maximum absolute atomic E-state index is 12.5. The molecule has 0 spiro atoms. The summed E-state index contributed by atoms with van der Waals surface area (Å²) < 4.78 is 10.3. The van der Waals surface area contributed by atoms with Gasteiger partial charge in [-0.15, -0.1) is 0 Å². The van der Waals surface area contributed by atoms with Gasteiger partial charge in [0, 0.05) is 24.3 Å². The van der Waals surface area contributed by atoms with E-state index in [4.69, 9.17) is 9.47 Å². The first-order valence-corrected chi connectivity index (χ1v) is 10.9. The number of carbonyl (C=O) groups excluding carboxylic acids is 4. The molecule has 1 N–H and O–H groups in total. The number of esters is 2. The summed E-state index contributed by atoms with van der Waals surface area (Å²) in [6.45, 7) is 5.75. The van der Waals surface area contributed by atoms with Crippen LogP contribution in [-0.2, 0) is 23.9 Å². The van der Waals surface area contributed by atoms with E-state index >= 15 is 0 Å². The van der Waals surface area contributed by atoms with Crippen molar-refractivity contribution in [2.75, 3.05) is 30.0 Å². The Bertz CT molecular complexity index is 1030. The van der Waals surface area contributed by atoms with E-state index in [0.29, 0.717) is 23.5 Å². The minimum absolute atomic E-state index is 0.00233. The molecule has 1 atom stereocenters. The highest BCUT2D eigenvalue weighted by molar-refractivity contribution is 6.00. The molecule has 1 saturated heterocycles. The summed E-state index contributed by atoms with van der Waals surface area (Å²) >= 11 is 0. The van der Waals surface area contributed by atoms with Crippen molar-refractivity contribution < 1.29 is 28.7 Å². The second-order valence-corrected chi connectivity index (χ2v) is 8.01. The Morgan fingerprint density at radius 3 is 2.33 bits per heavy atom. The maximum Gasteiger partial charge on any atom is 0.338 e. The van der Waals surface area contributed by atoms with Crippen LogP contribution in [0.2, 0.25) is 0 Å². The molecule has 0 radical (unpaired) electrons. The predicted molar refractivity (Wildman–Crippen MR) is 123 cm³/mol. The number of hydrogen-bond acceptors (Lipinski definition) is 6. The van der Waals surface area contributed by atoms with Crippen LogP contribution in [0.5, 0.6) is 0 Å². The normalized spacial score (nSPS) is 15.3. The van der Waals surface area contributed by atoms with Gasteiger partial charge in [0.1, 0.15) is 0 Å². The zero-order valence-electron chi connectivity index (χ0n) is 19.1. The molecule has 0 aromatic heterocycles. The van der Waals surface area contributed by atoms with Crippen molar-refractivity contribution in [1.29, 1.82) is 0 Å². The third-order valence-corrected chi connectivity index (χ3v) is 5.40. The van der Waals surface area contributed by atoms with Crippen LogP contribution in [0.1, 0.15) is 41.3 Å². The molecule has 174 valence electrons. The molecule has 3 rings (SSSR count). The summed E-state index contributed by atoms with van der Waals surface area (Å²) in [6.07, 6.45) is 0.731. The predicted octanol–water partition coefficient (Wildman–Crippen LogP) is 3.41. The number of carbonyl (C=O) groups is 4. The molecule has 0 aliphatic carbocycles. The van der Waals surface area contributed by atoms with E-state index in [-0.39, 0.29) is 18.9 Å². The zero-order valence-corrected chi connectivity index (χ0v) is 19.1. The topological polar surface area (TPSA) is 102 Å². The van der Waals surface area contributed by atoms with Crippen molar-refractivity contribution in [3.63, 3.8) is 0 Å². The minimum atomic E-state index is -0.667. The Labute approximate surface area is 192 Å². The lowest BCUT2D eigenvalue weighted by atomic mass is 10.1. The van der Waals surface area contributed by atoms with Gasteiger partial charge in [-0.25, -0.2) is 4.79 Å². The number of hydrogen-bond donors (Lipinski definition) is 1. The Balaban J connectivity index is 1.53. The molecule has 1 aliphatic heterocycles. The van der Waals surface area contributed by atoms with Crippen molar-refractivity contribution in [3.05, 3.63) is 59.2 Å². The fraction of sp³-hybridized carbons (Fsp3) is 0.360. The fourth-order valence-electron chi connectivity index (χ4n) is 3.61. The van der Waals surface area contributed by atoms with Crippen molar-refractivity contribution >= 4 is 35.1 Å². The molecule has 1 heterocycles. The van der Waals surface area contributed by atoms with Gasteiger partial charge >= 0.3 is 11.9 Å². The van der Waals surface area contributed by atoms with E-state index in [1.807, 2.05) is 39.0 Å². The fourth-order valence-corrected chi connectivity index (χ4v) is 3.61. The lowest BCUT2D eigenvalue weighted by molar-refractivity contribution is -0.151. The molecule has 0 saturated carbocycles. The van der Waals surface area contributed by atoms with Crippen molar-refractivity contribution in [1.82, 2.24) is 0 Å². The second kappa shape index (κ2) is 10.8. The number of ether oxygens (including phenoxy) is 2. The Hall–Kier alpha value is -3.68. The summed E-state index contributed by atoms with van der Waals surface area (Å²) in [6, 6.07) is 12.1. The molecule has 33 heavy (non-hydrogen) atoms. The lowest BCUT2D eigenvalue weighted by Gasteiger charge is -2.17. The number of para-hydroxylation sites is 1. The molecule has 8 heteroatoms. The molecular formula is C25H28N2O6. The molecule has 2 amide bonds. The van der Waals surface area contributed by atoms with Crippen LogP contribution in [0, 0.1) is 19.8 Å². The Morgan fingerprint density at radius 1 is 1.03 bits per heavy atom. The highest BCUT2D eigenvalue weighted by Gasteiger charge is 2.36. The number of rotatable bonds is 8. The van der Waals surface area contributed by atoms with Gasteiger partial charge in [-0.1, -0.05) is 25.1 Å². The van der Waals surface area contributed by atoms with Crippen LogP contribution in [0.4, 0.5) is 11.4 Å². The number of nitrogens with one attached hydrogen (secondary N) is 1. The number of benzene rings is 2. The standard InChI is InChI=1S/C25H28N2O6/c1-4-12-32-24(30)18-8-10-20(11-9-18)27-14-19(13-22(27)29)25(31)33-15-21(28)26-23-16(2)6-5-7-17(23)3/h5-11,19H,4,12-15H2,1-3H3,(H,26,28)/t19-/m0/s1. The first kappa shape index (κ1) is 24.0. The number of nitrogens with zero attached hydrogens (tertiary/aromatic N) is 1. The summed E-state index contributed by atoms with van der Waals surface area (Å²) in [7, 11) is 0. The van der Waals surface area contributed by atoms with Gasteiger partial charge in [0.25, 0.3) is 5.91 Å². The van der Waals surface area contributed by atoms with Crippen LogP contribution in [0.3, 0.4) is 0 Å². The summed E-state index contributed by atoms with van der Waals surface area (Å²) in [5.41, 5.74) is 3.50. The second-order valence-electron chi connectivity index (χ2n) is 8.01. The average molecular weight is 453 g/mol. The van der Waals surface area contributed by atoms with Crippen LogP contribution < -0.4 is 10.2 Å². The van der Waals surface area contributed by atoms with E-state index in [2.05, 4.69) is 5.32 Å². The summed E-state index contributed by atoms with van der Waals surface area (Å²) in [5, 5.41) is 2.76. The molecule has 0 unspecified atom stereocenters. The van der Waals surface area contributed by atoms with Gasteiger partial charge in [-0.2, -0.15) is 0 Å². The van der Waals surface area contributed by atoms with Gasteiger partial charge in [0.2, 0.25) is 5.91 Å². The van der Waals surface area contributed by atoms with Gasteiger partial charge < -0.3 is 19.7 Å². The highest BCUT2D eigenvalue weighted by atomic mass is 16.5. The lowest BCUT2D eigenvalue weighted by Crippen LogP contribution is -2.28. The summed E-state index contributed by atoms with van der Waals surface area (Å²) in [5.74, 6) is -2.34. The van der Waals surface area contributed by atoms with Crippen LogP contribution in [0.25, 0.3) is 0 Å². The van der Waals surface area contributed by atoms with Crippen LogP contribution in [-0.4, -0.2) is 43.5 Å². The zero-order chi connectivity index (χ0) is 24.0. The smallest absolute Gasteiger partial charge is 0.338 e. The molecule has 2 aromatic carbocycles. The number of aryl methyl sites for hydroxylation is 2. The number of anilines is 2. The molecule has 1 fully saturated rings. The van der Waals surface area contributed by atoms with Gasteiger partial charge in [0.05, 0.1) is 18.1 Å². The van der Waals surface area contributed by atoms with Gasteiger partial charge in [-0.05, 0) is 55.7 Å². The Kier molecular flexibility index (Phi) is 7.82. The number of amides is 2. The van der Waals surface area contributed by atoms with E-state index in [1.54, 1.807) is 24.3 Å². The molecular weight excluding hydrogens is 424 g/mol. The molecule has 2 aromatic rings. The largest absolute Gasteiger partial charge is 0.462 e. The van der Waals surface area contributed by atoms with E-state index in [0.717, 1.165) is 17.5 Å². The quantitative estimate of drug-likeness (QED) is 0.616. The van der Waals surface area contributed by atoms with E-state index in [9.17, 15) is 19.2 Å². The van der Waals surface area contributed by atoms with E-state index in [1.165, 1.54) is 4.90 Å². The third-order valence-electron chi connectivity index (χ3n) is 5.40. The first-order valence-electron chi connectivity index (χ1n) is 10.9. The van der Waals surface area contributed by atoms with E-state index < -0.39 is 30.4 Å². The highest BCUT2D eigenvalue weighted by Crippen LogP contribution is 2.26. The van der Waals surface area contributed by atoms with Crippen LogP contribution >= 0.6 is 0 Å². The minimum Gasteiger partial charge on any atom is -0.462 e. The van der Waals surface area contributed by atoms with Gasteiger partial charge in [-0.3, -0.25) is 14.4 Å². The van der Waals surface area contributed by atoms with Crippen molar-refractivity contribution in [2.24, 2.45) is 5.92 Å². The SMILES string of the molecule is CCCOC(=O)c1ccc(N2C[C@@H](C(=O)OCC(=O)Nc3c(C)cccc3C)CC2=O)cc1. The van der Waals surface area contributed by atoms with Crippen molar-refractivity contribution in [2.45, 2.75) is 33.6 Å². The molecule has 0 bridgehead atoms. The van der Waals surface area contributed by atoms with Crippen molar-refractivity contribution in [3.8, 4) is 0 Å². The Morgan fingerprint density at radius 2 is 1.70 bits per heavy atom.